The van der Waals surface area contributed by atoms with Crippen LogP contribution in [0.1, 0.15) is 6.92 Å². The van der Waals surface area contributed by atoms with Gasteiger partial charge in [0.05, 0.1) is 0 Å². The van der Waals surface area contributed by atoms with Crippen molar-refractivity contribution in [2.75, 3.05) is 52.1 Å². The lowest BCUT2D eigenvalue weighted by atomic mass is 10.2. The van der Waals surface area contributed by atoms with Crippen LogP contribution < -0.4 is 5.32 Å². The number of rotatable bonds is 7. The first kappa shape index (κ1) is 15.8. The average molecular weight is 293 g/mol. The normalized spacial score (nSPS) is 19.1. The molecule has 1 aliphatic rings. The molecule has 2 rings (SSSR count). The van der Waals surface area contributed by atoms with E-state index >= 15 is 0 Å². The molecule has 1 saturated heterocycles. The smallest absolute Gasteiger partial charge is 0.0286 e. The van der Waals surface area contributed by atoms with Gasteiger partial charge in [0.15, 0.2) is 0 Å². The molecule has 1 N–H and O–H groups in total. The Labute approximate surface area is 127 Å². The van der Waals surface area contributed by atoms with Gasteiger partial charge in [-0.25, -0.2) is 0 Å². The van der Waals surface area contributed by atoms with Gasteiger partial charge in [0.25, 0.3) is 0 Å². The number of nitrogens with zero attached hydrogens (tertiary/aromatic N) is 2. The van der Waals surface area contributed by atoms with Crippen LogP contribution in [-0.4, -0.2) is 67.9 Å². The molecule has 4 heteroatoms. The lowest BCUT2D eigenvalue weighted by Crippen LogP contribution is -2.50. The van der Waals surface area contributed by atoms with E-state index in [0.717, 1.165) is 12.3 Å². The van der Waals surface area contributed by atoms with Gasteiger partial charge in [-0.15, -0.1) is 11.8 Å². The molecular weight excluding hydrogens is 266 g/mol. The maximum atomic E-state index is 3.47. The summed E-state index contributed by atoms with van der Waals surface area (Å²) >= 11 is 1.95. The summed E-state index contributed by atoms with van der Waals surface area (Å²) in [6.45, 7) is 9.46. The van der Waals surface area contributed by atoms with E-state index in [2.05, 4.69) is 59.4 Å². The fraction of sp³-hybridized carbons (Fsp3) is 0.625. The largest absolute Gasteiger partial charge is 0.315 e. The van der Waals surface area contributed by atoms with Crippen LogP contribution in [0.25, 0.3) is 0 Å². The van der Waals surface area contributed by atoms with Gasteiger partial charge in [-0.2, -0.15) is 0 Å². The highest BCUT2D eigenvalue weighted by Gasteiger charge is 2.18. The first-order valence-electron chi connectivity index (χ1n) is 7.61. The van der Waals surface area contributed by atoms with Gasteiger partial charge in [0, 0.05) is 49.4 Å². The van der Waals surface area contributed by atoms with Crippen molar-refractivity contribution in [1.29, 1.82) is 0 Å². The van der Waals surface area contributed by atoms with E-state index in [9.17, 15) is 0 Å². The quantitative estimate of drug-likeness (QED) is 0.775. The molecule has 1 fully saturated rings. The lowest BCUT2D eigenvalue weighted by Gasteiger charge is -2.35. The molecule has 112 valence electrons. The van der Waals surface area contributed by atoms with E-state index in [-0.39, 0.29) is 0 Å². The Morgan fingerprint density at radius 1 is 1.10 bits per heavy atom. The summed E-state index contributed by atoms with van der Waals surface area (Å²) in [5.41, 5.74) is 0. The third-order valence-corrected chi connectivity index (χ3v) is 5.17. The minimum absolute atomic E-state index is 0.563. The molecule has 1 aromatic rings. The first-order valence-corrected chi connectivity index (χ1v) is 8.60. The molecule has 0 saturated carbocycles. The zero-order valence-corrected chi connectivity index (χ0v) is 13.5. The number of benzene rings is 1. The molecule has 0 bridgehead atoms. The molecule has 0 amide bonds. The SMILES string of the molecule is CCN1CCN(CC(CSc2ccccc2)NC)CC1. The number of nitrogens with one attached hydrogen (secondary N) is 1. The van der Waals surface area contributed by atoms with Crippen LogP contribution in [0.4, 0.5) is 0 Å². The predicted molar refractivity (Wildman–Crippen MR) is 88.6 cm³/mol. The van der Waals surface area contributed by atoms with Crippen LogP contribution in [0, 0.1) is 0 Å². The fourth-order valence-electron chi connectivity index (χ4n) is 2.54. The third-order valence-electron chi connectivity index (χ3n) is 3.99. The van der Waals surface area contributed by atoms with Crippen LogP contribution in [0.15, 0.2) is 35.2 Å². The molecule has 0 aromatic heterocycles. The van der Waals surface area contributed by atoms with Gasteiger partial charge >= 0.3 is 0 Å². The topological polar surface area (TPSA) is 18.5 Å². The average Bonchev–Trinajstić information content (AvgIpc) is 2.53. The molecule has 0 spiro atoms. The summed E-state index contributed by atoms with van der Waals surface area (Å²) in [5, 5.41) is 3.47. The van der Waals surface area contributed by atoms with Crippen molar-refractivity contribution in [1.82, 2.24) is 15.1 Å². The molecular formula is C16H27N3S. The molecule has 20 heavy (non-hydrogen) atoms. The number of hydrogen-bond donors (Lipinski definition) is 1. The zero-order valence-electron chi connectivity index (χ0n) is 12.7. The Kier molecular flexibility index (Phi) is 6.87. The maximum absolute atomic E-state index is 3.47. The second kappa shape index (κ2) is 8.67. The van der Waals surface area contributed by atoms with Crippen molar-refractivity contribution in [3.8, 4) is 0 Å². The van der Waals surface area contributed by atoms with E-state index < -0.39 is 0 Å². The van der Waals surface area contributed by atoms with Crippen molar-refractivity contribution < 1.29 is 0 Å². The van der Waals surface area contributed by atoms with E-state index in [1.54, 1.807) is 0 Å². The molecule has 1 aliphatic heterocycles. The summed E-state index contributed by atoms with van der Waals surface area (Å²) in [4.78, 5) is 6.49. The Bertz CT molecular complexity index is 363. The van der Waals surface area contributed by atoms with Crippen molar-refractivity contribution in [3.05, 3.63) is 30.3 Å². The number of hydrogen-bond acceptors (Lipinski definition) is 4. The molecule has 0 aliphatic carbocycles. The Morgan fingerprint density at radius 3 is 2.35 bits per heavy atom. The second-order valence-corrected chi connectivity index (χ2v) is 6.44. The predicted octanol–water partition coefficient (Wildman–Crippen LogP) is 2.00. The standard InChI is InChI=1S/C16H27N3S/c1-3-18-9-11-19(12-10-18)13-15(17-2)14-20-16-7-5-4-6-8-16/h4-8,15,17H,3,9-14H2,1-2H3. The summed E-state index contributed by atoms with van der Waals surface area (Å²) in [7, 11) is 2.08. The highest BCUT2D eigenvalue weighted by Crippen LogP contribution is 2.18. The van der Waals surface area contributed by atoms with E-state index in [0.29, 0.717) is 6.04 Å². The lowest BCUT2D eigenvalue weighted by molar-refractivity contribution is 0.130. The van der Waals surface area contributed by atoms with Gasteiger partial charge in [-0.1, -0.05) is 25.1 Å². The van der Waals surface area contributed by atoms with Gasteiger partial charge in [-0.3, -0.25) is 4.90 Å². The zero-order chi connectivity index (χ0) is 14.2. The molecule has 1 atom stereocenters. The molecule has 3 nitrogen and oxygen atoms in total. The summed E-state index contributed by atoms with van der Waals surface area (Å²) in [5.74, 6) is 1.13. The monoisotopic (exact) mass is 293 g/mol. The number of thioether (sulfide) groups is 1. The molecule has 1 unspecified atom stereocenters. The van der Waals surface area contributed by atoms with Gasteiger partial charge in [0.2, 0.25) is 0 Å². The van der Waals surface area contributed by atoms with E-state index in [1.807, 2.05) is 11.8 Å². The van der Waals surface area contributed by atoms with Crippen molar-refractivity contribution >= 4 is 11.8 Å². The van der Waals surface area contributed by atoms with Crippen molar-refractivity contribution in [2.45, 2.75) is 17.9 Å². The van der Waals surface area contributed by atoms with Crippen LogP contribution >= 0.6 is 11.8 Å². The summed E-state index contributed by atoms with van der Waals surface area (Å²) in [6.07, 6.45) is 0. The molecule has 1 aromatic carbocycles. The summed E-state index contributed by atoms with van der Waals surface area (Å²) < 4.78 is 0. The van der Waals surface area contributed by atoms with Crippen LogP contribution in [0.2, 0.25) is 0 Å². The molecule has 1 heterocycles. The Balaban J connectivity index is 1.72. The van der Waals surface area contributed by atoms with Crippen LogP contribution in [0.5, 0.6) is 0 Å². The number of likely N-dealkylation sites (N-methyl/N-ethyl adjacent to an activating group) is 2. The minimum Gasteiger partial charge on any atom is -0.315 e. The second-order valence-electron chi connectivity index (χ2n) is 5.34. The summed E-state index contributed by atoms with van der Waals surface area (Å²) in [6, 6.07) is 11.2. The van der Waals surface area contributed by atoms with Crippen LogP contribution in [0.3, 0.4) is 0 Å². The maximum Gasteiger partial charge on any atom is 0.0286 e. The fourth-order valence-corrected chi connectivity index (χ4v) is 3.56. The third kappa shape index (κ3) is 5.09. The number of piperazine rings is 1. The van der Waals surface area contributed by atoms with E-state index in [4.69, 9.17) is 0 Å². The van der Waals surface area contributed by atoms with Crippen molar-refractivity contribution in [2.24, 2.45) is 0 Å². The highest BCUT2D eigenvalue weighted by atomic mass is 32.2. The van der Waals surface area contributed by atoms with Crippen LogP contribution in [-0.2, 0) is 0 Å². The minimum atomic E-state index is 0.563. The Morgan fingerprint density at radius 2 is 1.75 bits per heavy atom. The van der Waals surface area contributed by atoms with Gasteiger partial charge in [0.1, 0.15) is 0 Å². The first-order chi connectivity index (χ1) is 9.81. The highest BCUT2D eigenvalue weighted by molar-refractivity contribution is 7.99. The molecule has 0 radical (unpaired) electrons. The van der Waals surface area contributed by atoms with Gasteiger partial charge in [-0.05, 0) is 25.7 Å². The van der Waals surface area contributed by atoms with E-state index in [1.165, 1.54) is 37.6 Å². The van der Waals surface area contributed by atoms with Crippen molar-refractivity contribution in [3.63, 3.8) is 0 Å². The Hall–Kier alpha value is -0.550. The van der Waals surface area contributed by atoms with Gasteiger partial charge < -0.3 is 10.2 Å².